The van der Waals surface area contributed by atoms with Crippen LogP contribution in [-0.4, -0.2) is 39.1 Å². The summed E-state index contributed by atoms with van der Waals surface area (Å²) in [7, 11) is 0. The Morgan fingerprint density at radius 2 is 1.83 bits per heavy atom. The molecule has 156 valence electrons. The number of pyridine rings is 1. The fourth-order valence-corrected chi connectivity index (χ4v) is 4.87. The number of hydrogen-bond acceptors (Lipinski definition) is 4. The molecule has 2 saturated carbocycles. The van der Waals surface area contributed by atoms with Gasteiger partial charge < -0.3 is 19.9 Å². The summed E-state index contributed by atoms with van der Waals surface area (Å²) in [4.78, 5) is 24.2. The van der Waals surface area contributed by atoms with Gasteiger partial charge in [-0.2, -0.15) is 0 Å². The maximum Gasteiger partial charge on any atom is 0.341 e. The molecule has 0 aliphatic heterocycles. The normalized spacial score (nSPS) is 19.6. The van der Waals surface area contributed by atoms with Gasteiger partial charge in [0.15, 0.2) is 0 Å². The van der Waals surface area contributed by atoms with Gasteiger partial charge in [0.1, 0.15) is 11.4 Å². The van der Waals surface area contributed by atoms with Gasteiger partial charge in [-0.05, 0) is 68.6 Å². The van der Waals surface area contributed by atoms with Crippen molar-refractivity contribution in [1.82, 2.24) is 4.57 Å². The van der Waals surface area contributed by atoms with Crippen molar-refractivity contribution in [1.29, 1.82) is 0 Å². The lowest BCUT2D eigenvalue weighted by Crippen LogP contribution is -2.34. The van der Waals surface area contributed by atoms with E-state index in [1.807, 2.05) is 4.57 Å². The number of carbonyl (C=O) groups is 1. The third-order valence-corrected chi connectivity index (χ3v) is 6.85. The van der Waals surface area contributed by atoms with E-state index in [1.165, 1.54) is 12.3 Å². The van der Waals surface area contributed by atoms with Crippen LogP contribution in [-0.2, 0) is 0 Å². The molecule has 2 aliphatic rings. The first-order valence-corrected chi connectivity index (χ1v) is 10.1. The lowest BCUT2D eigenvalue weighted by atomic mass is 9.69. The van der Waals surface area contributed by atoms with Gasteiger partial charge in [0.2, 0.25) is 5.43 Å². The minimum absolute atomic E-state index is 0.0625. The van der Waals surface area contributed by atoms with Crippen molar-refractivity contribution >= 4 is 16.9 Å². The van der Waals surface area contributed by atoms with Crippen molar-refractivity contribution in [3.63, 3.8) is 0 Å². The lowest BCUT2D eigenvalue weighted by molar-refractivity contribution is 0.0186. The van der Waals surface area contributed by atoms with Crippen LogP contribution in [0.25, 0.3) is 10.9 Å². The third-order valence-electron chi connectivity index (χ3n) is 6.85. The zero-order valence-corrected chi connectivity index (χ0v) is 16.4. The van der Waals surface area contributed by atoms with Gasteiger partial charge in [-0.25, -0.2) is 9.18 Å². The maximum absolute atomic E-state index is 15.2. The number of nitrogens with zero attached hydrogens (tertiary/aromatic N) is 1. The Hall–Kier alpha value is -2.25. The largest absolute Gasteiger partial charge is 0.477 e. The molecule has 0 atom stereocenters. The summed E-state index contributed by atoms with van der Waals surface area (Å²) < 4.78 is 17.0. The van der Waals surface area contributed by atoms with Gasteiger partial charge in [-0.1, -0.05) is 0 Å². The highest BCUT2D eigenvalue weighted by molar-refractivity contribution is 5.94. The number of aliphatic hydroxyl groups excluding tert-OH is 2. The topological polar surface area (TPSA) is 99.8 Å². The molecule has 2 fully saturated rings. The molecule has 7 heteroatoms. The van der Waals surface area contributed by atoms with Gasteiger partial charge in [0.25, 0.3) is 0 Å². The molecule has 2 aromatic rings. The first-order valence-electron chi connectivity index (χ1n) is 10.1. The number of hydrogen-bond donors (Lipinski definition) is 3. The zero-order chi connectivity index (χ0) is 20.9. The minimum atomic E-state index is -1.30. The molecule has 29 heavy (non-hydrogen) atoms. The SMILES string of the molecule is Cc1c(C2CCC(CO)(CO)CC2)c(F)cc2c(=O)c(C(=O)O)cn(C3CC3)c12. The van der Waals surface area contributed by atoms with Crippen molar-refractivity contribution in [2.75, 3.05) is 13.2 Å². The number of aromatic carboxylic acids is 1. The highest BCUT2D eigenvalue weighted by Crippen LogP contribution is 2.46. The smallest absolute Gasteiger partial charge is 0.341 e. The van der Waals surface area contributed by atoms with Crippen LogP contribution in [0.1, 0.15) is 72.0 Å². The lowest BCUT2D eigenvalue weighted by Gasteiger charge is -2.38. The quantitative estimate of drug-likeness (QED) is 0.712. The van der Waals surface area contributed by atoms with Crippen LogP contribution in [0.3, 0.4) is 0 Å². The molecule has 3 N–H and O–H groups in total. The van der Waals surface area contributed by atoms with Gasteiger partial charge >= 0.3 is 5.97 Å². The fraction of sp³-hybridized carbons (Fsp3) is 0.545. The molecule has 0 radical (unpaired) electrons. The van der Waals surface area contributed by atoms with E-state index in [4.69, 9.17) is 0 Å². The second-order valence-electron chi connectivity index (χ2n) is 8.70. The van der Waals surface area contributed by atoms with Crippen molar-refractivity contribution in [3.05, 3.63) is 45.0 Å². The summed E-state index contributed by atoms with van der Waals surface area (Å²) in [5.41, 5.74) is 0.389. The Morgan fingerprint density at radius 3 is 2.34 bits per heavy atom. The van der Waals surface area contributed by atoms with Crippen LogP contribution in [0.4, 0.5) is 4.39 Å². The highest BCUT2D eigenvalue weighted by Gasteiger charge is 2.37. The second kappa shape index (κ2) is 7.22. The summed E-state index contributed by atoms with van der Waals surface area (Å²) in [5.74, 6) is -1.85. The first-order chi connectivity index (χ1) is 13.8. The number of carboxylic acid groups (broad SMARTS) is 1. The van der Waals surface area contributed by atoms with Gasteiger partial charge in [0, 0.05) is 23.0 Å². The van der Waals surface area contributed by atoms with Gasteiger partial charge in [0.05, 0.1) is 18.7 Å². The molecular formula is C22H26FNO5. The summed E-state index contributed by atoms with van der Waals surface area (Å²) in [6.07, 6.45) is 5.72. The molecule has 2 aliphatic carbocycles. The highest BCUT2D eigenvalue weighted by atomic mass is 19.1. The Kier molecular flexibility index (Phi) is 4.99. The van der Waals surface area contributed by atoms with E-state index < -0.39 is 22.6 Å². The summed E-state index contributed by atoms with van der Waals surface area (Å²) >= 11 is 0. The molecule has 4 rings (SSSR count). The fourth-order valence-electron chi connectivity index (χ4n) is 4.87. The maximum atomic E-state index is 15.2. The molecular weight excluding hydrogens is 377 g/mol. The molecule has 0 unspecified atom stereocenters. The van der Waals surface area contributed by atoms with Crippen molar-refractivity contribution in [2.45, 2.75) is 57.4 Å². The first kappa shape index (κ1) is 20.0. The van der Waals surface area contributed by atoms with Crippen molar-refractivity contribution in [2.24, 2.45) is 5.41 Å². The van der Waals surface area contributed by atoms with E-state index in [2.05, 4.69) is 0 Å². The molecule has 1 heterocycles. The summed E-state index contributed by atoms with van der Waals surface area (Å²) in [6.45, 7) is 1.63. The van der Waals surface area contributed by atoms with Crippen LogP contribution < -0.4 is 5.43 Å². The summed E-state index contributed by atoms with van der Waals surface area (Å²) in [5, 5.41) is 28.8. The van der Waals surface area contributed by atoms with Crippen LogP contribution in [0.15, 0.2) is 17.1 Å². The van der Waals surface area contributed by atoms with Crippen LogP contribution in [0, 0.1) is 18.2 Å². The monoisotopic (exact) mass is 403 g/mol. The third kappa shape index (κ3) is 3.26. The standard InChI is InChI=1S/C22H26FNO5/c1-12-18(13-4-6-22(10-25,11-26)7-5-13)17(23)8-15-19(12)24(14-2-3-14)9-16(20(15)27)21(28)29/h8-9,13-14,25-26H,2-7,10-11H2,1H3,(H,28,29). The number of aromatic nitrogens is 1. The van der Waals surface area contributed by atoms with E-state index in [9.17, 15) is 24.9 Å². The van der Waals surface area contributed by atoms with Gasteiger partial charge in [-0.15, -0.1) is 0 Å². The molecule has 0 spiro atoms. The number of halogens is 1. The Balaban J connectivity index is 1.85. The average Bonchev–Trinajstić information content (AvgIpc) is 3.54. The van der Waals surface area contributed by atoms with Crippen molar-refractivity contribution in [3.8, 4) is 0 Å². The van der Waals surface area contributed by atoms with Crippen molar-refractivity contribution < 1.29 is 24.5 Å². The van der Waals surface area contributed by atoms with Crippen LogP contribution in [0.2, 0.25) is 0 Å². The number of carboxylic acids is 1. The minimum Gasteiger partial charge on any atom is -0.477 e. The predicted octanol–water partition coefficient (Wildman–Crippen LogP) is 3.11. The Labute approximate surface area is 167 Å². The Morgan fingerprint density at radius 1 is 1.21 bits per heavy atom. The number of aliphatic hydroxyl groups is 2. The van der Waals surface area contributed by atoms with E-state index in [0.29, 0.717) is 42.3 Å². The second-order valence-corrected chi connectivity index (χ2v) is 8.70. The molecule has 0 amide bonds. The molecule has 1 aromatic heterocycles. The number of aryl methyl sites for hydroxylation is 1. The van der Waals surface area contributed by atoms with E-state index in [0.717, 1.165) is 12.8 Å². The van der Waals surface area contributed by atoms with Gasteiger partial charge in [-0.3, -0.25) is 4.79 Å². The van der Waals surface area contributed by atoms with Crippen LogP contribution >= 0.6 is 0 Å². The van der Waals surface area contributed by atoms with E-state index in [-0.39, 0.29) is 36.1 Å². The Bertz CT molecular complexity index is 1030. The molecule has 0 saturated heterocycles. The number of fused-ring (bicyclic) bond motifs is 1. The average molecular weight is 403 g/mol. The molecule has 1 aromatic carbocycles. The molecule has 6 nitrogen and oxygen atoms in total. The van der Waals surface area contributed by atoms with E-state index >= 15 is 4.39 Å². The summed E-state index contributed by atoms with van der Waals surface area (Å²) in [6, 6.07) is 1.33. The van der Waals surface area contributed by atoms with Crippen LogP contribution in [0.5, 0.6) is 0 Å². The number of benzene rings is 1. The molecule has 0 bridgehead atoms. The number of rotatable bonds is 5. The van der Waals surface area contributed by atoms with E-state index in [1.54, 1.807) is 6.92 Å². The predicted molar refractivity (Wildman–Crippen MR) is 106 cm³/mol. The zero-order valence-electron chi connectivity index (χ0n) is 16.4.